The summed E-state index contributed by atoms with van der Waals surface area (Å²) in [5.41, 5.74) is 5.54. The van der Waals surface area contributed by atoms with E-state index in [1.54, 1.807) is 12.0 Å². The summed E-state index contributed by atoms with van der Waals surface area (Å²) in [6.07, 6.45) is -5.56. The van der Waals surface area contributed by atoms with Crippen molar-refractivity contribution in [3.63, 3.8) is 0 Å². The highest BCUT2D eigenvalue weighted by atomic mass is 19.4. The highest BCUT2D eigenvalue weighted by molar-refractivity contribution is 4.85. The molecule has 0 bridgehead atoms. The first-order chi connectivity index (χ1) is 7.88. The second-order valence-electron chi connectivity index (χ2n) is 4.32. The standard InChI is InChI=1S/C10H19F3N2O2/c1-17-8-2-3-15(7(4-8)5-14)6-9(16)10(11,12)13/h7-9,16H,2-6,14H2,1H3. The van der Waals surface area contributed by atoms with Gasteiger partial charge in [0, 0.05) is 32.8 Å². The second kappa shape index (κ2) is 5.99. The molecular formula is C10H19F3N2O2. The fraction of sp³-hybridized carbons (Fsp3) is 1.00. The number of piperidine rings is 1. The average Bonchev–Trinajstić information content (AvgIpc) is 2.28. The largest absolute Gasteiger partial charge is 0.415 e. The van der Waals surface area contributed by atoms with E-state index >= 15 is 0 Å². The van der Waals surface area contributed by atoms with Crippen LogP contribution in [0.2, 0.25) is 0 Å². The molecule has 102 valence electrons. The molecule has 1 rings (SSSR count). The van der Waals surface area contributed by atoms with Crippen LogP contribution < -0.4 is 5.73 Å². The molecule has 1 heterocycles. The van der Waals surface area contributed by atoms with Crippen molar-refractivity contribution in [3.05, 3.63) is 0 Å². The number of nitrogens with zero attached hydrogens (tertiary/aromatic N) is 1. The van der Waals surface area contributed by atoms with Gasteiger partial charge in [0.1, 0.15) is 0 Å². The van der Waals surface area contributed by atoms with E-state index in [0.29, 0.717) is 19.4 Å². The lowest BCUT2D eigenvalue weighted by atomic mass is 9.99. The fourth-order valence-corrected chi connectivity index (χ4v) is 2.09. The van der Waals surface area contributed by atoms with Crippen molar-refractivity contribution >= 4 is 0 Å². The van der Waals surface area contributed by atoms with Gasteiger partial charge in [0.05, 0.1) is 6.10 Å². The van der Waals surface area contributed by atoms with Gasteiger partial charge in [-0.05, 0) is 12.8 Å². The Hall–Kier alpha value is -0.370. The van der Waals surface area contributed by atoms with E-state index in [4.69, 9.17) is 15.6 Å². The monoisotopic (exact) mass is 256 g/mol. The molecule has 0 aliphatic carbocycles. The molecule has 7 heteroatoms. The third-order valence-electron chi connectivity index (χ3n) is 3.18. The number of nitrogens with two attached hydrogens (primary N) is 1. The van der Waals surface area contributed by atoms with Gasteiger partial charge in [0.25, 0.3) is 0 Å². The number of β-amino-alcohol motifs (C(OH)–C–C–N with tert-alkyl or cyclic N) is 1. The summed E-state index contributed by atoms with van der Waals surface area (Å²) in [5.74, 6) is 0. The van der Waals surface area contributed by atoms with Crippen LogP contribution in [-0.2, 0) is 4.74 Å². The summed E-state index contributed by atoms with van der Waals surface area (Å²) in [5, 5.41) is 9.04. The number of methoxy groups -OCH3 is 1. The first-order valence-electron chi connectivity index (χ1n) is 5.60. The van der Waals surface area contributed by atoms with Crippen LogP contribution in [0.15, 0.2) is 0 Å². The normalized spacial score (nSPS) is 29.3. The van der Waals surface area contributed by atoms with Gasteiger partial charge in [-0.1, -0.05) is 0 Å². The Labute approximate surface area is 98.5 Å². The molecule has 1 aliphatic heterocycles. The van der Waals surface area contributed by atoms with E-state index in [2.05, 4.69) is 0 Å². The Morgan fingerprint density at radius 3 is 2.65 bits per heavy atom. The molecule has 1 fully saturated rings. The van der Waals surface area contributed by atoms with Gasteiger partial charge in [-0.2, -0.15) is 13.2 Å². The molecule has 0 aromatic heterocycles. The van der Waals surface area contributed by atoms with Gasteiger partial charge < -0.3 is 15.6 Å². The van der Waals surface area contributed by atoms with E-state index in [1.165, 1.54) is 0 Å². The number of aliphatic hydroxyl groups excluding tert-OH is 1. The Balaban J connectivity index is 2.53. The van der Waals surface area contributed by atoms with Gasteiger partial charge in [0.15, 0.2) is 6.10 Å². The highest BCUT2D eigenvalue weighted by Gasteiger charge is 2.41. The molecule has 0 aromatic carbocycles. The Morgan fingerprint density at radius 2 is 2.18 bits per heavy atom. The second-order valence-corrected chi connectivity index (χ2v) is 4.32. The molecule has 0 saturated carbocycles. The number of hydrogen-bond acceptors (Lipinski definition) is 4. The van der Waals surface area contributed by atoms with E-state index < -0.39 is 18.8 Å². The fourth-order valence-electron chi connectivity index (χ4n) is 2.09. The maximum absolute atomic E-state index is 12.2. The number of likely N-dealkylation sites (tertiary alicyclic amines) is 1. The van der Waals surface area contributed by atoms with Crippen LogP contribution >= 0.6 is 0 Å². The summed E-state index contributed by atoms with van der Waals surface area (Å²) >= 11 is 0. The van der Waals surface area contributed by atoms with Crippen molar-refractivity contribution < 1.29 is 23.0 Å². The number of rotatable bonds is 4. The Morgan fingerprint density at radius 1 is 1.53 bits per heavy atom. The molecule has 0 radical (unpaired) electrons. The lowest BCUT2D eigenvalue weighted by Crippen LogP contribution is -2.52. The van der Waals surface area contributed by atoms with Crippen LogP contribution in [0.5, 0.6) is 0 Å². The number of alkyl halides is 3. The van der Waals surface area contributed by atoms with Crippen molar-refractivity contribution in [3.8, 4) is 0 Å². The maximum Gasteiger partial charge on any atom is 0.415 e. The van der Waals surface area contributed by atoms with Crippen LogP contribution in [0.3, 0.4) is 0 Å². The number of halogens is 3. The number of hydrogen-bond donors (Lipinski definition) is 2. The topological polar surface area (TPSA) is 58.7 Å². The van der Waals surface area contributed by atoms with E-state index in [1.807, 2.05) is 0 Å². The zero-order valence-electron chi connectivity index (χ0n) is 9.78. The third-order valence-corrected chi connectivity index (χ3v) is 3.18. The van der Waals surface area contributed by atoms with Crippen LogP contribution in [0.1, 0.15) is 12.8 Å². The van der Waals surface area contributed by atoms with Gasteiger partial charge in [-0.3, -0.25) is 4.90 Å². The van der Waals surface area contributed by atoms with E-state index in [-0.39, 0.29) is 18.7 Å². The summed E-state index contributed by atoms with van der Waals surface area (Å²) in [4.78, 5) is 1.59. The van der Waals surface area contributed by atoms with Crippen molar-refractivity contribution in [2.45, 2.75) is 37.3 Å². The van der Waals surface area contributed by atoms with Gasteiger partial charge in [0.2, 0.25) is 0 Å². The number of aliphatic hydroxyl groups is 1. The summed E-state index contributed by atoms with van der Waals surface area (Å²) < 4.78 is 41.9. The molecule has 3 N–H and O–H groups in total. The zero-order valence-corrected chi connectivity index (χ0v) is 9.78. The molecular weight excluding hydrogens is 237 g/mol. The molecule has 0 spiro atoms. The van der Waals surface area contributed by atoms with Crippen molar-refractivity contribution in [1.29, 1.82) is 0 Å². The Kier molecular flexibility index (Phi) is 5.18. The first-order valence-corrected chi connectivity index (χ1v) is 5.60. The van der Waals surface area contributed by atoms with Crippen LogP contribution in [0.25, 0.3) is 0 Å². The molecule has 3 atom stereocenters. The molecule has 0 aromatic rings. The Bertz CT molecular complexity index is 238. The van der Waals surface area contributed by atoms with Gasteiger partial charge in [-0.25, -0.2) is 0 Å². The lowest BCUT2D eigenvalue weighted by molar-refractivity contribution is -0.210. The van der Waals surface area contributed by atoms with Crippen molar-refractivity contribution in [1.82, 2.24) is 4.90 Å². The lowest BCUT2D eigenvalue weighted by Gasteiger charge is -2.39. The smallest absolute Gasteiger partial charge is 0.382 e. The molecule has 0 amide bonds. The SMILES string of the molecule is COC1CCN(CC(O)C(F)(F)F)C(CN)C1. The molecule has 3 unspecified atom stereocenters. The van der Waals surface area contributed by atoms with E-state index in [9.17, 15) is 13.2 Å². The minimum absolute atomic E-state index is 0.0443. The zero-order chi connectivity index (χ0) is 13.1. The van der Waals surface area contributed by atoms with Gasteiger partial charge in [-0.15, -0.1) is 0 Å². The minimum Gasteiger partial charge on any atom is -0.382 e. The maximum atomic E-state index is 12.2. The van der Waals surface area contributed by atoms with Gasteiger partial charge >= 0.3 is 6.18 Å². The quantitative estimate of drug-likeness (QED) is 0.762. The average molecular weight is 256 g/mol. The third kappa shape index (κ3) is 4.09. The van der Waals surface area contributed by atoms with Crippen molar-refractivity contribution in [2.75, 3.05) is 26.7 Å². The highest BCUT2D eigenvalue weighted by Crippen LogP contribution is 2.24. The predicted octanol–water partition coefficient (Wildman–Crippen LogP) is 0.348. The van der Waals surface area contributed by atoms with Crippen LogP contribution in [0.4, 0.5) is 13.2 Å². The molecule has 1 saturated heterocycles. The molecule has 17 heavy (non-hydrogen) atoms. The van der Waals surface area contributed by atoms with E-state index in [0.717, 1.165) is 0 Å². The number of ether oxygens (including phenoxy) is 1. The van der Waals surface area contributed by atoms with Crippen LogP contribution in [-0.4, -0.2) is 61.2 Å². The molecule has 1 aliphatic rings. The summed E-state index contributed by atoms with van der Waals surface area (Å²) in [6, 6.07) is -0.161. The van der Waals surface area contributed by atoms with Crippen LogP contribution in [0, 0.1) is 0 Å². The van der Waals surface area contributed by atoms with Crippen molar-refractivity contribution in [2.24, 2.45) is 5.73 Å². The first kappa shape index (κ1) is 14.7. The molecule has 4 nitrogen and oxygen atoms in total. The predicted molar refractivity (Wildman–Crippen MR) is 56.5 cm³/mol. The minimum atomic E-state index is -4.57. The summed E-state index contributed by atoms with van der Waals surface area (Å²) in [7, 11) is 1.58. The summed E-state index contributed by atoms with van der Waals surface area (Å²) in [6.45, 7) is 0.319.